The summed E-state index contributed by atoms with van der Waals surface area (Å²) in [5.74, 6) is -2.61. The van der Waals surface area contributed by atoms with Gasteiger partial charge in [0.25, 0.3) is 5.91 Å². The largest absolute Gasteiger partial charge is 0.450 e. The van der Waals surface area contributed by atoms with Gasteiger partial charge in [-0.1, -0.05) is 0 Å². The van der Waals surface area contributed by atoms with Gasteiger partial charge >= 0.3 is 12.2 Å². The number of cyclic esters (lactones) is 1. The SMILES string of the molecule is CCOC(=O)NC[C@H]1CN(c2cc(F)c(N3CCN(C(=O)CNC(=O)c4cn5ccncc5n4)CC3)c(F)c2)C(=O)O1. The lowest BCUT2D eigenvalue weighted by atomic mass is 10.2. The number of halogens is 2. The summed E-state index contributed by atoms with van der Waals surface area (Å²) in [4.78, 5) is 61.1. The molecule has 5 rings (SSSR count). The van der Waals surface area contributed by atoms with E-state index in [1.165, 1.54) is 22.2 Å². The predicted molar refractivity (Wildman–Crippen MR) is 143 cm³/mol. The van der Waals surface area contributed by atoms with Gasteiger partial charge in [-0.15, -0.1) is 0 Å². The van der Waals surface area contributed by atoms with Crippen molar-refractivity contribution in [2.24, 2.45) is 0 Å². The number of fused-ring (bicyclic) bond motifs is 1. The van der Waals surface area contributed by atoms with Crippen molar-refractivity contribution in [1.29, 1.82) is 0 Å². The Morgan fingerprint density at radius 1 is 1.12 bits per heavy atom. The number of benzene rings is 1. The van der Waals surface area contributed by atoms with E-state index in [1.54, 1.807) is 23.7 Å². The smallest absolute Gasteiger partial charge is 0.414 e. The molecular formula is C26H28F2N8O6. The molecule has 0 saturated carbocycles. The molecule has 2 aliphatic rings. The lowest BCUT2D eigenvalue weighted by Gasteiger charge is -2.36. The zero-order chi connectivity index (χ0) is 29.8. The average Bonchev–Trinajstić information content (AvgIpc) is 3.58. The van der Waals surface area contributed by atoms with E-state index in [2.05, 4.69) is 20.6 Å². The average molecular weight is 587 g/mol. The third-order valence-electron chi connectivity index (χ3n) is 6.78. The van der Waals surface area contributed by atoms with Gasteiger partial charge in [0.1, 0.15) is 17.5 Å². The quantitative estimate of drug-likeness (QED) is 0.396. The topological polar surface area (TPSA) is 151 Å². The van der Waals surface area contributed by atoms with E-state index in [0.717, 1.165) is 17.0 Å². The zero-order valence-electron chi connectivity index (χ0n) is 22.6. The Kier molecular flexibility index (Phi) is 8.31. The number of carbonyl (C=O) groups excluding carboxylic acids is 4. The number of alkyl carbamates (subject to hydrolysis) is 1. The standard InChI is InChI=1S/C26H28F2N8O6/c1-2-41-25(39)31-11-17-14-36(26(40)42-17)16-9-18(27)23(19(28)10-16)34-7-5-33(6-8-34)22(37)13-30-24(38)20-15-35-4-3-29-12-21(35)32-20/h3-4,9-10,12,15,17H,2,5-8,11,13-14H2,1H3,(H,30,38)(H,31,39)/t17-/m0/s1. The van der Waals surface area contributed by atoms with Crippen molar-refractivity contribution in [3.8, 4) is 0 Å². The van der Waals surface area contributed by atoms with Crippen molar-refractivity contribution < 1.29 is 37.4 Å². The van der Waals surface area contributed by atoms with Gasteiger partial charge in [-0.2, -0.15) is 0 Å². The molecule has 1 aromatic carbocycles. The van der Waals surface area contributed by atoms with Crippen LogP contribution >= 0.6 is 0 Å². The first-order valence-corrected chi connectivity index (χ1v) is 13.2. The number of hydrogen-bond acceptors (Lipinski definition) is 9. The minimum Gasteiger partial charge on any atom is -0.450 e. The Balaban J connectivity index is 1.13. The number of nitrogens with one attached hydrogen (secondary N) is 2. The summed E-state index contributed by atoms with van der Waals surface area (Å²) in [6.45, 7) is 2.20. The van der Waals surface area contributed by atoms with Gasteiger partial charge in [0.15, 0.2) is 17.3 Å². The highest BCUT2D eigenvalue weighted by Gasteiger charge is 2.34. The van der Waals surface area contributed by atoms with E-state index in [0.29, 0.717) is 5.65 Å². The second-order valence-corrected chi connectivity index (χ2v) is 9.49. The van der Waals surface area contributed by atoms with Crippen molar-refractivity contribution >= 4 is 41.0 Å². The Morgan fingerprint density at radius 2 is 1.86 bits per heavy atom. The summed E-state index contributed by atoms with van der Waals surface area (Å²) in [6.07, 6.45) is 4.05. The summed E-state index contributed by atoms with van der Waals surface area (Å²) >= 11 is 0. The maximum Gasteiger partial charge on any atom is 0.414 e. The molecule has 2 fully saturated rings. The van der Waals surface area contributed by atoms with E-state index in [-0.39, 0.29) is 75.4 Å². The van der Waals surface area contributed by atoms with Gasteiger partial charge < -0.3 is 34.3 Å². The number of amides is 4. The fourth-order valence-corrected chi connectivity index (χ4v) is 4.72. The molecule has 42 heavy (non-hydrogen) atoms. The number of aromatic nitrogens is 3. The molecule has 2 aliphatic heterocycles. The molecule has 0 spiro atoms. The number of rotatable bonds is 8. The first-order chi connectivity index (χ1) is 20.2. The van der Waals surface area contributed by atoms with Crippen LogP contribution in [0.2, 0.25) is 0 Å². The minimum absolute atomic E-state index is 0.0187. The lowest BCUT2D eigenvalue weighted by Crippen LogP contribution is -2.51. The maximum absolute atomic E-state index is 15.1. The van der Waals surface area contributed by atoms with Crippen LogP contribution in [0, 0.1) is 11.6 Å². The van der Waals surface area contributed by atoms with Gasteiger partial charge in [0.05, 0.1) is 38.1 Å². The summed E-state index contributed by atoms with van der Waals surface area (Å²) in [7, 11) is 0. The number of anilines is 2. The third kappa shape index (κ3) is 6.16. The number of ether oxygens (including phenoxy) is 2. The molecule has 0 unspecified atom stereocenters. The van der Waals surface area contributed by atoms with Gasteiger partial charge in [-0.25, -0.2) is 23.4 Å². The Morgan fingerprint density at radius 3 is 2.55 bits per heavy atom. The number of imidazole rings is 1. The van der Waals surface area contributed by atoms with Crippen molar-refractivity contribution in [3.05, 3.63) is 54.2 Å². The molecular weight excluding hydrogens is 558 g/mol. The Labute approximate surface area is 238 Å². The Hall–Kier alpha value is -5.02. The molecule has 2 aromatic heterocycles. The molecule has 222 valence electrons. The van der Waals surface area contributed by atoms with E-state index in [9.17, 15) is 19.2 Å². The number of nitrogens with zero attached hydrogens (tertiary/aromatic N) is 6. The Bertz CT molecular complexity index is 1450. The first kappa shape index (κ1) is 28.5. The van der Waals surface area contributed by atoms with E-state index < -0.39 is 35.8 Å². The molecule has 2 N–H and O–H groups in total. The number of hydrogen-bond donors (Lipinski definition) is 2. The molecule has 16 heteroatoms. The molecule has 0 radical (unpaired) electrons. The number of piperazine rings is 1. The van der Waals surface area contributed by atoms with Crippen LogP contribution in [0.5, 0.6) is 0 Å². The van der Waals surface area contributed by atoms with Crippen LogP contribution in [0.3, 0.4) is 0 Å². The van der Waals surface area contributed by atoms with Crippen molar-refractivity contribution in [1.82, 2.24) is 29.9 Å². The predicted octanol–water partition coefficient (Wildman–Crippen LogP) is 1.16. The van der Waals surface area contributed by atoms with Crippen LogP contribution in [0.4, 0.5) is 29.7 Å². The van der Waals surface area contributed by atoms with Gasteiger partial charge in [0, 0.05) is 56.9 Å². The van der Waals surface area contributed by atoms with Crippen LogP contribution in [0.25, 0.3) is 5.65 Å². The van der Waals surface area contributed by atoms with Crippen LogP contribution in [-0.4, -0.2) is 102 Å². The second-order valence-electron chi connectivity index (χ2n) is 9.49. The normalized spacial score (nSPS) is 16.9. The third-order valence-corrected chi connectivity index (χ3v) is 6.78. The lowest BCUT2D eigenvalue weighted by molar-refractivity contribution is -0.130. The zero-order valence-corrected chi connectivity index (χ0v) is 22.6. The minimum atomic E-state index is -0.874. The van der Waals surface area contributed by atoms with E-state index in [4.69, 9.17) is 9.47 Å². The molecule has 0 bridgehead atoms. The van der Waals surface area contributed by atoms with Crippen molar-refractivity contribution in [2.75, 3.05) is 62.2 Å². The van der Waals surface area contributed by atoms with Gasteiger partial charge in [0.2, 0.25) is 5.91 Å². The van der Waals surface area contributed by atoms with Gasteiger partial charge in [-0.05, 0) is 6.92 Å². The molecule has 14 nitrogen and oxygen atoms in total. The van der Waals surface area contributed by atoms with Crippen molar-refractivity contribution in [2.45, 2.75) is 13.0 Å². The highest BCUT2D eigenvalue weighted by molar-refractivity contribution is 5.95. The summed E-state index contributed by atoms with van der Waals surface area (Å²) in [5.41, 5.74) is 0.337. The van der Waals surface area contributed by atoms with Crippen molar-refractivity contribution in [3.63, 3.8) is 0 Å². The van der Waals surface area contributed by atoms with Crippen LogP contribution in [0.15, 0.2) is 36.9 Å². The first-order valence-electron chi connectivity index (χ1n) is 13.2. The molecule has 4 heterocycles. The number of carbonyl (C=O) groups is 4. The van der Waals surface area contributed by atoms with Crippen LogP contribution in [0.1, 0.15) is 17.4 Å². The fourth-order valence-electron chi connectivity index (χ4n) is 4.72. The monoisotopic (exact) mass is 586 g/mol. The fraction of sp³-hybridized carbons (Fsp3) is 0.385. The highest BCUT2D eigenvalue weighted by atomic mass is 19.1. The van der Waals surface area contributed by atoms with E-state index in [1.807, 2.05) is 0 Å². The van der Waals surface area contributed by atoms with Gasteiger partial charge in [-0.3, -0.25) is 19.5 Å². The van der Waals surface area contributed by atoms with Crippen LogP contribution < -0.4 is 20.4 Å². The summed E-state index contributed by atoms with van der Waals surface area (Å²) < 4.78 is 41.9. The summed E-state index contributed by atoms with van der Waals surface area (Å²) in [5, 5.41) is 5.00. The highest BCUT2D eigenvalue weighted by Crippen LogP contribution is 2.31. The molecule has 3 aromatic rings. The second kappa shape index (κ2) is 12.2. The van der Waals surface area contributed by atoms with E-state index >= 15 is 8.78 Å². The molecule has 1 atom stereocenters. The molecule has 4 amide bonds. The van der Waals surface area contributed by atoms with Crippen LogP contribution in [-0.2, 0) is 14.3 Å². The summed E-state index contributed by atoms with van der Waals surface area (Å²) in [6, 6.07) is 2.09. The maximum atomic E-state index is 15.1. The molecule has 2 saturated heterocycles. The molecule has 0 aliphatic carbocycles.